The van der Waals surface area contributed by atoms with Gasteiger partial charge in [0.05, 0.1) is 11.4 Å². The molecule has 0 aliphatic heterocycles. The Kier molecular flexibility index (Phi) is 2.63. The lowest BCUT2D eigenvalue weighted by Gasteiger charge is -2.01. The third-order valence-electron chi connectivity index (χ3n) is 1.32. The van der Waals surface area contributed by atoms with Crippen LogP contribution in [0.25, 0.3) is 6.08 Å². The minimum Gasteiger partial charge on any atom is -0.322 e. The second kappa shape index (κ2) is 3.73. The van der Waals surface area contributed by atoms with Gasteiger partial charge in [0, 0.05) is 6.20 Å². The molecule has 1 rings (SSSR count). The molecule has 0 aromatic carbocycles. The van der Waals surface area contributed by atoms with Crippen molar-refractivity contribution < 1.29 is 0 Å². The van der Waals surface area contributed by atoms with Crippen LogP contribution in [-0.2, 0) is 0 Å². The van der Waals surface area contributed by atoms with E-state index < -0.39 is 0 Å². The number of rotatable bonds is 2. The molecule has 0 saturated heterocycles. The van der Waals surface area contributed by atoms with Crippen LogP contribution in [-0.4, -0.2) is 4.98 Å². The molecular weight excluding hydrogens is 138 g/mol. The molecule has 3 N–H and O–H groups in total. The molecule has 1 aromatic heterocycles. The van der Waals surface area contributed by atoms with Gasteiger partial charge in [0.2, 0.25) is 0 Å². The van der Waals surface area contributed by atoms with Crippen molar-refractivity contribution in [1.82, 2.24) is 4.98 Å². The Hall–Kier alpha value is -1.35. The van der Waals surface area contributed by atoms with E-state index in [0.717, 1.165) is 11.4 Å². The molecule has 3 heteroatoms. The summed E-state index contributed by atoms with van der Waals surface area (Å²) >= 11 is 0. The van der Waals surface area contributed by atoms with Gasteiger partial charge < -0.3 is 5.43 Å². The first kappa shape index (κ1) is 7.75. The lowest BCUT2D eigenvalue weighted by Crippen LogP contribution is -2.08. The number of hydrogen-bond donors (Lipinski definition) is 2. The normalized spacial score (nSPS) is 10.4. The summed E-state index contributed by atoms with van der Waals surface area (Å²) < 4.78 is 0. The molecule has 0 bridgehead atoms. The van der Waals surface area contributed by atoms with Crippen molar-refractivity contribution in [2.45, 2.75) is 6.92 Å². The molecule has 1 heterocycles. The molecule has 3 nitrogen and oxygen atoms in total. The Morgan fingerprint density at radius 3 is 3.09 bits per heavy atom. The van der Waals surface area contributed by atoms with Gasteiger partial charge in [-0.15, -0.1) is 0 Å². The van der Waals surface area contributed by atoms with Crippen molar-refractivity contribution in [1.29, 1.82) is 0 Å². The van der Waals surface area contributed by atoms with Crippen LogP contribution >= 0.6 is 0 Å². The lowest BCUT2D eigenvalue weighted by atomic mass is 10.3. The largest absolute Gasteiger partial charge is 0.322 e. The van der Waals surface area contributed by atoms with Gasteiger partial charge in [-0.3, -0.25) is 10.8 Å². The zero-order chi connectivity index (χ0) is 8.10. The van der Waals surface area contributed by atoms with Crippen molar-refractivity contribution in [3.05, 3.63) is 30.1 Å². The number of hydrogen-bond acceptors (Lipinski definition) is 3. The summed E-state index contributed by atoms with van der Waals surface area (Å²) in [5.41, 5.74) is 4.26. The Labute approximate surface area is 65.9 Å². The number of nitrogens with two attached hydrogens (primary N) is 1. The highest BCUT2D eigenvalue weighted by Crippen LogP contribution is 2.11. The van der Waals surface area contributed by atoms with Crippen LogP contribution in [0.3, 0.4) is 0 Å². The Bertz CT molecular complexity index is 255. The SMILES string of the molecule is C/C=C\c1ncccc1NN. The van der Waals surface area contributed by atoms with E-state index in [1.165, 1.54) is 0 Å². The maximum absolute atomic E-state index is 5.26. The maximum Gasteiger partial charge on any atom is 0.0870 e. The molecule has 1 aromatic rings. The Balaban J connectivity index is 3.02. The number of allylic oxidation sites excluding steroid dienone is 1. The van der Waals surface area contributed by atoms with Crippen molar-refractivity contribution in [3.63, 3.8) is 0 Å². The van der Waals surface area contributed by atoms with Gasteiger partial charge in [-0.05, 0) is 25.1 Å². The van der Waals surface area contributed by atoms with Crippen molar-refractivity contribution >= 4 is 11.8 Å². The molecular formula is C8H11N3. The molecule has 0 atom stereocenters. The third-order valence-corrected chi connectivity index (χ3v) is 1.32. The smallest absolute Gasteiger partial charge is 0.0870 e. The van der Waals surface area contributed by atoms with E-state index in [-0.39, 0.29) is 0 Å². The standard InChI is InChI=1S/C8H11N3/c1-2-4-7-8(11-9)5-3-6-10-7/h2-6,11H,9H2,1H3/b4-2-. The van der Waals surface area contributed by atoms with Crippen molar-refractivity contribution in [2.24, 2.45) is 5.84 Å². The van der Waals surface area contributed by atoms with E-state index in [1.807, 2.05) is 31.2 Å². The average Bonchev–Trinajstić information content (AvgIpc) is 2.06. The maximum atomic E-state index is 5.26. The molecule has 0 aliphatic rings. The van der Waals surface area contributed by atoms with E-state index in [1.54, 1.807) is 6.20 Å². The van der Waals surface area contributed by atoms with Gasteiger partial charge in [0.15, 0.2) is 0 Å². The van der Waals surface area contributed by atoms with E-state index in [0.29, 0.717) is 0 Å². The second-order valence-electron chi connectivity index (χ2n) is 2.08. The highest BCUT2D eigenvalue weighted by Gasteiger charge is 1.94. The number of nitrogens with one attached hydrogen (secondary N) is 1. The number of nitrogen functional groups attached to an aromatic ring is 1. The van der Waals surface area contributed by atoms with Crippen LogP contribution in [0.5, 0.6) is 0 Å². The first-order valence-electron chi connectivity index (χ1n) is 3.43. The van der Waals surface area contributed by atoms with Crippen LogP contribution in [0.1, 0.15) is 12.6 Å². The van der Waals surface area contributed by atoms with Gasteiger partial charge in [-0.1, -0.05) is 6.08 Å². The van der Waals surface area contributed by atoms with Crippen molar-refractivity contribution in [2.75, 3.05) is 5.43 Å². The third kappa shape index (κ3) is 1.78. The van der Waals surface area contributed by atoms with Crippen LogP contribution in [0.4, 0.5) is 5.69 Å². The number of nitrogens with zero attached hydrogens (tertiary/aromatic N) is 1. The number of pyridine rings is 1. The molecule has 0 radical (unpaired) electrons. The minimum atomic E-state index is 0.839. The van der Waals surface area contributed by atoms with Crippen LogP contribution in [0.15, 0.2) is 24.4 Å². The molecule has 0 fully saturated rings. The fourth-order valence-electron chi connectivity index (χ4n) is 0.830. The van der Waals surface area contributed by atoms with E-state index >= 15 is 0 Å². The fraction of sp³-hybridized carbons (Fsp3) is 0.125. The summed E-state index contributed by atoms with van der Waals surface area (Å²) in [5.74, 6) is 5.26. The fourth-order valence-corrected chi connectivity index (χ4v) is 0.830. The van der Waals surface area contributed by atoms with Crippen LogP contribution in [0, 0.1) is 0 Å². The molecule has 0 aliphatic carbocycles. The summed E-state index contributed by atoms with van der Waals surface area (Å²) in [6.07, 6.45) is 5.55. The predicted octanol–water partition coefficient (Wildman–Crippen LogP) is 1.40. The highest BCUT2D eigenvalue weighted by atomic mass is 15.2. The van der Waals surface area contributed by atoms with Gasteiger partial charge >= 0.3 is 0 Å². The van der Waals surface area contributed by atoms with Crippen molar-refractivity contribution in [3.8, 4) is 0 Å². The van der Waals surface area contributed by atoms with E-state index in [4.69, 9.17) is 5.84 Å². The molecule has 11 heavy (non-hydrogen) atoms. The first-order chi connectivity index (χ1) is 5.38. The van der Waals surface area contributed by atoms with Crippen LogP contribution in [0.2, 0.25) is 0 Å². The van der Waals surface area contributed by atoms with Crippen LogP contribution < -0.4 is 11.3 Å². The first-order valence-corrected chi connectivity index (χ1v) is 3.43. The predicted molar refractivity (Wildman–Crippen MR) is 46.8 cm³/mol. The Morgan fingerprint density at radius 2 is 2.45 bits per heavy atom. The lowest BCUT2D eigenvalue weighted by molar-refractivity contribution is 1.25. The van der Waals surface area contributed by atoms with Gasteiger partial charge in [0.1, 0.15) is 0 Å². The minimum absolute atomic E-state index is 0.839. The van der Waals surface area contributed by atoms with Gasteiger partial charge in [-0.2, -0.15) is 0 Å². The molecule has 58 valence electrons. The zero-order valence-electron chi connectivity index (χ0n) is 6.41. The topological polar surface area (TPSA) is 50.9 Å². The zero-order valence-corrected chi connectivity index (χ0v) is 6.41. The molecule has 0 saturated carbocycles. The van der Waals surface area contributed by atoms with E-state index in [2.05, 4.69) is 10.4 Å². The molecule has 0 amide bonds. The summed E-state index contributed by atoms with van der Waals surface area (Å²) in [6.45, 7) is 1.94. The van der Waals surface area contributed by atoms with Gasteiger partial charge in [0.25, 0.3) is 0 Å². The number of anilines is 1. The van der Waals surface area contributed by atoms with E-state index in [9.17, 15) is 0 Å². The monoisotopic (exact) mass is 149 g/mol. The highest BCUT2D eigenvalue weighted by molar-refractivity contribution is 5.61. The summed E-state index contributed by atoms with van der Waals surface area (Å²) in [7, 11) is 0. The summed E-state index contributed by atoms with van der Waals surface area (Å²) in [6, 6.07) is 3.71. The molecule has 0 unspecified atom stereocenters. The number of aromatic nitrogens is 1. The molecule has 0 spiro atoms. The summed E-state index contributed by atoms with van der Waals surface area (Å²) in [5, 5.41) is 0. The Morgan fingerprint density at radius 1 is 1.64 bits per heavy atom. The average molecular weight is 149 g/mol. The van der Waals surface area contributed by atoms with Gasteiger partial charge in [-0.25, -0.2) is 0 Å². The summed E-state index contributed by atoms with van der Waals surface area (Å²) in [4.78, 5) is 4.11. The number of hydrazine groups is 1. The quantitative estimate of drug-likeness (QED) is 0.493. The second-order valence-corrected chi connectivity index (χ2v) is 2.08.